The monoisotopic (exact) mass is 230 g/mol. The van der Waals surface area contributed by atoms with Gasteiger partial charge in [0.15, 0.2) is 0 Å². The Kier molecular flexibility index (Phi) is 3.63. The van der Waals surface area contributed by atoms with Gasteiger partial charge in [0.2, 0.25) is 0 Å². The van der Waals surface area contributed by atoms with E-state index in [1.165, 1.54) is 22.3 Å². The lowest BCUT2D eigenvalue weighted by Gasteiger charge is -2.04. The van der Waals surface area contributed by atoms with Crippen molar-refractivity contribution in [2.75, 3.05) is 0 Å². The lowest BCUT2D eigenvalue weighted by atomic mass is 10.0. The van der Waals surface area contributed by atoms with Crippen LogP contribution in [0.15, 0.2) is 48.5 Å². The first kappa shape index (κ1) is 11.2. The van der Waals surface area contributed by atoms with Gasteiger partial charge >= 0.3 is 0 Å². The van der Waals surface area contributed by atoms with E-state index in [4.69, 9.17) is 11.6 Å². The largest absolute Gasteiger partial charge is 0.122 e. The van der Waals surface area contributed by atoms with Gasteiger partial charge in [0.05, 0.1) is 0 Å². The van der Waals surface area contributed by atoms with Crippen molar-refractivity contribution in [3.63, 3.8) is 0 Å². The quantitative estimate of drug-likeness (QED) is 0.673. The normalized spacial score (nSPS) is 10.4. The zero-order valence-electron chi connectivity index (χ0n) is 9.41. The van der Waals surface area contributed by atoms with Crippen LogP contribution in [0.5, 0.6) is 0 Å². The Morgan fingerprint density at radius 1 is 0.875 bits per heavy atom. The highest BCUT2D eigenvalue weighted by atomic mass is 35.5. The van der Waals surface area contributed by atoms with Crippen molar-refractivity contribution in [3.05, 3.63) is 59.7 Å². The molecule has 0 aliphatic carbocycles. The van der Waals surface area contributed by atoms with Crippen molar-refractivity contribution in [1.82, 2.24) is 0 Å². The fourth-order valence-electron chi connectivity index (χ4n) is 1.77. The van der Waals surface area contributed by atoms with Gasteiger partial charge in [-0.05, 0) is 34.7 Å². The van der Waals surface area contributed by atoms with Gasteiger partial charge in [-0.2, -0.15) is 0 Å². The summed E-state index contributed by atoms with van der Waals surface area (Å²) in [5.74, 6) is 0.570. The molecule has 0 unspecified atom stereocenters. The smallest absolute Gasteiger partial charge is 0.0474 e. The Balaban J connectivity index is 2.34. The first-order chi connectivity index (χ1) is 7.83. The third-order valence-corrected chi connectivity index (χ3v) is 3.09. The molecule has 0 aliphatic heterocycles. The van der Waals surface area contributed by atoms with Crippen LogP contribution in [-0.4, -0.2) is 0 Å². The summed E-state index contributed by atoms with van der Waals surface area (Å²) in [7, 11) is 0. The molecule has 0 saturated carbocycles. The average molecular weight is 231 g/mol. The minimum absolute atomic E-state index is 0.570. The van der Waals surface area contributed by atoms with Gasteiger partial charge in [-0.3, -0.25) is 0 Å². The second-order valence-electron chi connectivity index (χ2n) is 3.88. The summed E-state index contributed by atoms with van der Waals surface area (Å²) < 4.78 is 0. The third-order valence-electron chi connectivity index (χ3n) is 2.78. The lowest BCUT2D eigenvalue weighted by molar-refractivity contribution is 1.14. The van der Waals surface area contributed by atoms with Crippen molar-refractivity contribution in [2.24, 2.45) is 0 Å². The van der Waals surface area contributed by atoms with Crippen molar-refractivity contribution in [1.29, 1.82) is 0 Å². The highest BCUT2D eigenvalue weighted by molar-refractivity contribution is 6.17. The zero-order valence-corrected chi connectivity index (χ0v) is 10.2. The summed E-state index contributed by atoms with van der Waals surface area (Å²) in [6.45, 7) is 2.17. The van der Waals surface area contributed by atoms with Crippen molar-refractivity contribution in [2.45, 2.75) is 19.2 Å². The van der Waals surface area contributed by atoms with Crippen LogP contribution in [0.25, 0.3) is 11.1 Å². The predicted molar refractivity (Wildman–Crippen MR) is 70.8 cm³/mol. The van der Waals surface area contributed by atoms with Crippen LogP contribution in [0.2, 0.25) is 0 Å². The number of hydrogen-bond acceptors (Lipinski definition) is 0. The third kappa shape index (κ3) is 2.45. The van der Waals surface area contributed by atoms with E-state index in [0.717, 1.165) is 6.42 Å². The molecule has 2 aromatic carbocycles. The Morgan fingerprint density at radius 2 is 1.62 bits per heavy atom. The summed E-state index contributed by atoms with van der Waals surface area (Å²) >= 11 is 5.83. The molecule has 0 amide bonds. The minimum Gasteiger partial charge on any atom is -0.122 e. The van der Waals surface area contributed by atoms with E-state index in [1.807, 2.05) is 0 Å². The van der Waals surface area contributed by atoms with Crippen molar-refractivity contribution < 1.29 is 0 Å². The maximum Gasteiger partial charge on any atom is 0.0474 e. The zero-order chi connectivity index (χ0) is 11.4. The predicted octanol–water partition coefficient (Wildman–Crippen LogP) is 4.65. The number of alkyl halides is 1. The van der Waals surface area contributed by atoms with Gasteiger partial charge in [-0.1, -0.05) is 49.4 Å². The maximum atomic E-state index is 5.83. The SMILES string of the molecule is CCc1ccc(-c2cccc(CCl)c2)cc1. The van der Waals surface area contributed by atoms with Crippen LogP contribution >= 0.6 is 11.6 Å². The van der Waals surface area contributed by atoms with Gasteiger partial charge in [0.25, 0.3) is 0 Å². The van der Waals surface area contributed by atoms with Gasteiger partial charge < -0.3 is 0 Å². The van der Waals surface area contributed by atoms with Crippen molar-refractivity contribution >= 4 is 11.6 Å². The molecule has 2 aromatic rings. The molecule has 82 valence electrons. The number of rotatable bonds is 3. The van der Waals surface area contributed by atoms with E-state index in [1.54, 1.807) is 0 Å². The molecule has 0 aromatic heterocycles. The Morgan fingerprint density at radius 3 is 2.25 bits per heavy atom. The highest BCUT2D eigenvalue weighted by Crippen LogP contribution is 2.21. The van der Waals surface area contributed by atoms with Gasteiger partial charge in [-0.15, -0.1) is 11.6 Å². The first-order valence-electron chi connectivity index (χ1n) is 5.57. The molecule has 0 nitrogen and oxygen atoms in total. The Hall–Kier alpha value is -1.27. The molecular weight excluding hydrogens is 216 g/mol. The molecule has 0 aliphatic rings. The highest BCUT2D eigenvalue weighted by Gasteiger charge is 1.98. The molecule has 0 fully saturated rings. The fraction of sp³-hybridized carbons (Fsp3) is 0.200. The van der Waals surface area contributed by atoms with E-state index in [9.17, 15) is 0 Å². The minimum atomic E-state index is 0.570. The molecule has 0 radical (unpaired) electrons. The Labute approximate surface area is 102 Å². The molecular formula is C15H15Cl. The van der Waals surface area contributed by atoms with E-state index >= 15 is 0 Å². The molecule has 2 rings (SSSR count). The molecule has 16 heavy (non-hydrogen) atoms. The second kappa shape index (κ2) is 5.18. The first-order valence-corrected chi connectivity index (χ1v) is 6.11. The standard InChI is InChI=1S/C15H15Cl/c1-2-12-6-8-14(9-7-12)15-5-3-4-13(10-15)11-16/h3-10H,2,11H2,1H3. The summed E-state index contributed by atoms with van der Waals surface area (Å²) in [6, 6.07) is 17.1. The topological polar surface area (TPSA) is 0 Å². The van der Waals surface area contributed by atoms with E-state index in [2.05, 4.69) is 55.5 Å². The maximum absolute atomic E-state index is 5.83. The van der Waals surface area contributed by atoms with Gasteiger partial charge in [0.1, 0.15) is 0 Å². The van der Waals surface area contributed by atoms with Crippen LogP contribution in [0.4, 0.5) is 0 Å². The van der Waals surface area contributed by atoms with Gasteiger partial charge in [0, 0.05) is 5.88 Å². The van der Waals surface area contributed by atoms with Gasteiger partial charge in [-0.25, -0.2) is 0 Å². The average Bonchev–Trinajstić information content (AvgIpc) is 2.39. The number of halogens is 1. The summed E-state index contributed by atoms with van der Waals surface area (Å²) in [6.07, 6.45) is 1.09. The molecule has 0 saturated heterocycles. The fourth-order valence-corrected chi connectivity index (χ4v) is 1.93. The lowest BCUT2D eigenvalue weighted by Crippen LogP contribution is -1.83. The van der Waals surface area contributed by atoms with Crippen molar-refractivity contribution in [3.8, 4) is 11.1 Å². The molecule has 0 bridgehead atoms. The summed E-state index contributed by atoms with van der Waals surface area (Å²) in [5, 5.41) is 0. The molecule has 0 atom stereocenters. The molecule has 0 spiro atoms. The number of hydrogen-bond donors (Lipinski definition) is 0. The van der Waals surface area contributed by atoms with E-state index in [0.29, 0.717) is 5.88 Å². The molecule has 0 heterocycles. The van der Waals surface area contributed by atoms with Crippen LogP contribution in [0.3, 0.4) is 0 Å². The molecule has 0 N–H and O–H groups in total. The van der Waals surface area contributed by atoms with E-state index < -0.39 is 0 Å². The summed E-state index contributed by atoms with van der Waals surface area (Å²) in [5.41, 5.74) is 5.03. The van der Waals surface area contributed by atoms with Crippen LogP contribution in [-0.2, 0) is 12.3 Å². The van der Waals surface area contributed by atoms with E-state index in [-0.39, 0.29) is 0 Å². The number of aryl methyl sites for hydroxylation is 1. The Bertz CT molecular complexity index is 457. The second-order valence-corrected chi connectivity index (χ2v) is 4.15. The molecule has 1 heteroatoms. The van der Waals surface area contributed by atoms with Crippen LogP contribution < -0.4 is 0 Å². The summed E-state index contributed by atoms with van der Waals surface area (Å²) in [4.78, 5) is 0. The van der Waals surface area contributed by atoms with Crippen LogP contribution in [0.1, 0.15) is 18.1 Å². The van der Waals surface area contributed by atoms with Crippen LogP contribution in [0, 0.1) is 0 Å². The number of benzene rings is 2.